The number of anilines is 1. The van der Waals surface area contributed by atoms with Gasteiger partial charge in [0, 0.05) is 12.1 Å². The fourth-order valence-corrected chi connectivity index (χ4v) is 2.94. The highest BCUT2D eigenvalue weighted by Crippen LogP contribution is 2.36. The Morgan fingerprint density at radius 2 is 1.91 bits per heavy atom. The second kappa shape index (κ2) is 7.42. The molecule has 1 aromatic carbocycles. The summed E-state index contributed by atoms with van der Waals surface area (Å²) >= 11 is 6.16. The molecule has 0 spiro atoms. The van der Waals surface area contributed by atoms with Crippen molar-refractivity contribution < 1.29 is 14.3 Å². The van der Waals surface area contributed by atoms with Gasteiger partial charge in [0.05, 0.1) is 37.5 Å². The molecular weight excluding hydrogens is 318 g/mol. The van der Waals surface area contributed by atoms with Crippen molar-refractivity contribution in [2.24, 2.45) is 0 Å². The van der Waals surface area contributed by atoms with Crippen LogP contribution < -0.4 is 20.1 Å². The van der Waals surface area contributed by atoms with Gasteiger partial charge in [0.15, 0.2) is 11.5 Å². The van der Waals surface area contributed by atoms with Crippen LogP contribution in [0.4, 0.5) is 5.69 Å². The third kappa shape index (κ3) is 3.99. The molecule has 7 heteroatoms. The summed E-state index contributed by atoms with van der Waals surface area (Å²) in [4.78, 5) is 12.1. The van der Waals surface area contributed by atoms with E-state index in [1.54, 1.807) is 12.1 Å². The van der Waals surface area contributed by atoms with Gasteiger partial charge in [-0.2, -0.15) is 5.26 Å². The highest BCUT2D eigenvalue weighted by Gasteiger charge is 2.35. The summed E-state index contributed by atoms with van der Waals surface area (Å²) in [5.41, 5.74) is -0.155. The predicted octanol–water partition coefficient (Wildman–Crippen LogP) is 2.72. The van der Waals surface area contributed by atoms with E-state index in [9.17, 15) is 10.1 Å². The summed E-state index contributed by atoms with van der Waals surface area (Å²) in [7, 11) is 3.05. The molecule has 0 saturated heterocycles. The first kappa shape index (κ1) is 17.2. The first-order chi connectivity index (χ1) is 11.0. The van der Waals surface area contributed by atoms with Gasteiger partial charge in [-0.15, -0.1) is 0 Å². The van der Waals surface area contributed by atoms with Gasteiger partial charge < -0.3 is 20.1 Å². The highest BCUT2D eigenvalue weighted by molar-refractivity contribution is 6.33. The number of nitrogens with zero attached hydrogens (tertiary/aromatic N) is 1. The number of hydrogen-bond donors (Lipinski definition) is 2. The number of carbonyl (C=O) groups is 1. The minimum atomic E-state index is -0.722. The van der Waals surface area contributed by atoms with Crippen LogP contribution in [0.2, 0.25) is 5.02 Å². The Kier molecular flexibility index (Phi) is 5.56. The van der Waals surface area contributed by atoms with Gasteiger partial charge in [-0.25, -0.2) is 0 Å². The summed E-state index contributed by atoms with van der Waals surface area (Å²) in [6, 6.07) is 5.52. The minimum Gasteiger partial charge on any atom is -0.493 e. The molecule has 0 aromatic heterocycles. The molecule has 0 radical (unpaired) electrons. The number of nitriles is 1. The molecule has 23 heavy (non-hydrogen) atoms. The largest absolute Gasteiger partial charge is 0.493 e. The fourth-order valence-electron chi connectivity index (χ4n) is 2.72. The molecule has 1 aromatic rings. The molecule has 2 N–H and O–H groups in total. The zero-order chi connectivity index (χ0) is 16.9. The Morgan fingerprint density at radius 1 is 1.30 bits per heavy atom. The molecular formula is C16H20ClN3O3. The van der Waals surface area contributed by atoms with Gasteiger partial charge in [0.1, 0.15) is 5.54 Å². The van der Waals surface area contributed by atoms with Crippen LogP contribution in [0, 0.1) is 11.3 Å². The van der Waals surface area contributed by atoms with Gasteiger partial charge in [0.2, 0.25) is 5.91 Å². The topological polar surface area (TPSA) is 83.4 Å². The number of rotatable bonds is 6. The predicted molar refractivity (Wildman–Crippen MR) is 88.0 cm³/mol. The van der Waals surface area contributed by atoms with Crippen molar-refractivity contribution in [1.82, 2.24) is 5.32 Å². The maximum Gasteiger partial charge on any atom is 0.240 e. The fraction of sp³-hybridized carbons (Fsp3) is 0.500. The number of halogens is 1. The molecule has 0 atom stereocenters. The van der Waals surface area contributed by atoms with Crippen molar-refractivity contribution in [2.75, 3.05) is 26.1 Å². The third-order valence-corrected chi connectivity index (χ3v) is 4.28. The summed E-state index contributed by atoms with van der Waals surface area (Å²) in [5, 5.41) is 15.5. The van der Waals surface area contributed by atoms with Crippen LogP contribution in [0.25, 0.3) is 0 Å². The lowest BCUT2D eigenvalue weighted by atomic mass is 10.00. The average molecular weight is 338 g/mol. The molecule has 1 aliphatic carbocycles. The number of methoxy groups -OCH3 is 2. The van der Waals surface area contributed by atoms with E-state index in [4.69, 9.17) is 21.1 Å². The number of hydrogen-bond acceptors (Lipinski definition) is 5. The molecule has 1 amide bonds. The van der Waals surface area contributed by atoms with Crippen molar-refractivity contribution in [2.45, 2.75) is 31.2 Å². The summed E-state index contributed by atoms with van der Waals surface area (Å²) in [6.07, 6.45) is 3.32. The number of ether oxygens (including phenoxy) is 2. The summed E-state index contributed by atoms with van der Waals surface area (Å²) < 4.78 is 10.4. The SMILES string of the molecule is COc1cc(Cl)c(NCC(=O)NC2(C#N)CCCC2)cc1OC. The van der Waals surface area contributed by atoms with Gasteiger partial charge in [0.25, 0.3) is 0 Å². The van der Waals surface area contributed by atoms with Crippen molar-refractivity contribution >= 4 is 23.2 Å². The third-order valence-electron chi connectivity index (χ3n) is 3.96. The van der Waals surface area contributed by atoms with E-state index in [0.29, 0.717) is 35.1 Å². The first-order valence-corrected chi connectivity index (χ1v) is 7.79. The average Bonchev–Trinajstić information content (AvgIpc) is 3.02. The monoisotopic (exact) mass is 337 g/mol. The van der Waals surface area contributed by atoms with Gasteiger partial charge in [-0.05, 0) is 25.7 Å². The van der Waals surface area contributed by atoms with Crippen LogP contribution in [0.1, 0.15) is 25.7 Å². The lowest BCUT2D eigenvalue weighted by Crippen LogP contribution is -2.47. The Morgan fingerprint density at radius 3 is 2.48 bits per heavy atom. The smallest absolute Gasteiger partial charge is 0.240 e. The standard InChI is InChI=1S/C16H20ClN3O3/c1-22-13-7-11(17)12(8-14(13)23-2)19-9-15(21)20-16(10-18)5-3-4-6-16/h7-8,19H,3-6,9H2,1-2H3,(H,20,21). The van der Waals surface area contributed by atoms with Crippen molar-refractivity contribution in [3.8, 4) is 17.6 Å². The van der Waals surface area contributed by atoms with E-state index in [1.807, 2.05) is 0 Å². The van der Waals surface area contributed by atoms with Crippen molar-refractivity contribution in [1.29, 1.82) is 5.26 Å². The van der Waals surface area contributed by atoms with Crippen LogP contribution in [0.3, 0.4) is 0 Å². The molecule has 0 aliphatic heterocycles. The van der Waals surface area contributed by atoms with Gasteiger partial charge >= 0.3 is 0 Å². The summed E-state index contributed by atoms with van der Waals surface area (Å²) in [5.74, 6) is 0.797. The molecule has 1 fully saturated rings. The van der Waals surface area contributed by atoms with Crippen LogP contribution >= 0.6 is 11.6 Å². The molecule has 6 nitrogen and oxygen atoms in total. The maximum atomic E-state index is 12.1. The molecule has 0 unspecified atom stereocenters. The van der Waals surface area contributed by atoms with Crippen LogP contribution in [-0.2, 0) is 4.79 Å². The second-order valence-electron chi connectivity index (χ2n) is 5.49. The second-order valence-corrected chi connectivity index (χ2v) is 5.90. The van der Waals surface area contributed by atoms with Gasteiger partial charge in [-0.3, -0.25) is 4.79 Å². The molecule has 124 valence electrons. The molecule has 1 saturated carbocycles. The first-order valence-electron chi connectivity index (χ1n) is 7.41. The Balaban J connectivity index is 2.00. The van der Waals surface area contributed by atoms with E-state index in [1.165, 1.54) is 14.2 Å². The quantitative estimate of drug-likeness (QED) is 0.834. The zero-order valence-electron chi connectivity index (χ0n) is 13.2. The minimum absolute atomic E-state index is 0.0264. The summed E-state index contributed by atoms with van der Waals surface area (Å²) in [6.45, 7) is 0.0264. The number of nitrogens with one attached hydrogen (secondary N) is 2. The van der Waals surface area contributed by atoms with Gasteiger partial charge in [-0.1, -0.05) is 11.6 Å². The van der Waals surface area contributed by atoms with E-state index < -0.39 is 5.54 Å². The van der Waals surface area contributed by atoms with Crippen molar-refractivity contribution in [3.05, 3.63) is 17.2 Å². The Bertz CT molecular complexity index is 622. The zero-order valence-corrected chi connectivity index (χ0v) is 14.0. The molecule has 0 heterocycles. The highest BCUT2D eigenvalue weighted by atomic mass is 35.5. The Hall–Kier alpha value is -2.13. The van der Waals surface area contributed by atoms with Crippen LogP contribution in [-0.4, -0.2) is 32.2 Å². The van der Waals surface area contributed by atoms with E-state index in [-0.39, 0.29) is 12.5 Å². The number of carbonyl (C=O) groups excluding carboxylic acids is 1. The van der Waals surface area contributed by atoms with Crippen LogP contribution in [0.15, 0.2) is 12.1 Å². The number of benzene rings is 1. The van der Waals surface area contributed by atoms with E-state index in [0.717, 1.165) is 12.8 Å². The molecule has 2 rings (SSSR count). The maximum absolute atomic E-state index is 12.1. The van der Waals surface area contributed by atoms with E-state index >= 15 is 0 Å². The van der Waals surface area contributed by atoms with Crippen LogP contribution in [0.5, 0.6) is 11.5 Å². The van der Waals surface area contributed by atoms with E-state index in [2.05, 4.69) is 16.7 Å². The molecule has 1 aliphatic rings. The lowest BCUT2D eigenvalue weighted by molar-refractivity contribution is -0.120. The normalized spacial score (nSPS) is 15.6. The molecule has 0 bridgehead atoms. The Labute approximate surface area is 140 Å². The van der Waals surface area contributed by atoms with Crippen molar-refractivity contribution in [3.63, 3.8) is 0 Å². The number of amides is 1. The lowest BCUT2D eigenvalue weighted by Gasteiger charge is -2.22.